The summed E-state index contributed by atoms with van der Waals surface area (Å²) in [7, 11) is 1.57. The summed E-state index contributed by atoms with van der Waals surface area (Å²) in [6.07, 6.45) is 2.79. The first kappa shape index (κ1) is 21.4. The summed E-state index contributed by atoms with van der Waals surface area (Å²) in [6, 6.07) is 16.5. The zero-order valence-corrected chi connectivity index (χ0v) is 17.1. The van der Waals surface area contributed by atoms with Gasteiger partial charge in [-0.1, -0.05) is 36.8 Å². The molecule has 7 heteroatoms. The molecule has 2 aromatic rings. The highest BCUT2D eigenvalue weighted by atomic mass is 16.5. The van der Waals surface area contributed by atoms with Gasteiger partial charge in [-0.25, -0.2) is 0 Å². The molecule has 1 aliphatic rings. The maximum atomic E-state index is 12.8. The first-order valence-electron chi connectivity index (χ1n) is 10.1. The van der Waals surface area contributed by atoms with Crippen molar-refractivity contribution in [1.29, 1.82) is 0 Å². The zero-order chi connectivity index (χ0) is 21.3. The Morgan fingerprint density at radius 1 is 1.00 bits per heavy atom. The molecule has 0 unspecified atom stereocenters. The molecule has 0 atom stereocenters. The van der Waals surface area contributed by atoms with E-state index in [2.05, 4.69) is 10.6 Å². The summed E-state index contributed by atoms with van der Waals surface area (Å²) in [5, 5.41) is 5.31. The fourth-order valence-corrected chi connectivity index (χ4v) is 3.22. The second-order valence-electron chi connectivity index (χ2n) is 7.36. The Kier molecular flexibility index (Phi) is 7.43. The number of hydrogen-bond acceptors (Lipinski definition) is 4. The van der Waals surface area contributed by atoms with E-state index in [1.165, 1.54) is 0 Å². The van der Waals surface area contributed by atoms with E-state index in [1.54, 1.807) is 36.3 Å². The van der Waals surface area contributed by atoms with E-state index in [-0.39, 0.29) is 36.7 Å². The number of ether oxygens (including phenoxy) is 1. The predicted octanol–water partition coefficient (Wildman–Crippen LogP) is 2.58. The maximum absolute atomic E-state index is 12.8. The lowest BCUT2D eigenvalue weighted by atomic mass is 9.84. The summed E-state index contributed by atoms with van der Waals surface area (Å²) in [5.74, 6) is -0.00399. The van der Waals surface area contributed by atoms with Crippen LogP contribution in [0.5, 0.6) is 5.75 Å². The van der Waals surface area contributed by atoms with Gasteiger partial charge in [0.15, 0.2) is 0 Å². The van der Waals surface area contributed by atoms with E-state index in [1.807, 2.05) is 30.3 Å². The molecule has 3 amide bonds. The Morgan fingerprint density at radius 2 is 1.70 bits per heavy atom. The Hall–Kier alpha value is -3.35. The van der Waals surface area contributed by atoms with Gasteiger partial charge in [0, 0.05) is 18.2 Å². The van der Waals surface area contributed by atoms with Gasteiger partial charge in [-0.05, 0) is 42.7 Å². The van der Waals surface area contributed by atoms with Gasteiger partial charge in [0.2, 0.25) is 17.7 Å². The number of benzene rings is 2. The van der Waals surface area contributed by atoms with Crippen molar-refractivity contribution in [3.8, 4) is 5.75 Å². The van der Waals surface area contributed by atoms with Gasteiger partial charge in [-0.2, -0.15) is 0 Å². The third-order valence-electron chi connectivity index (χ3n) is 5.14. The summed E-state index contributed by atoms with van der Waals surface area (Å²) in [5.41, 5.74) is 1.58. The third-order valence-corrected chi connectivity index (χ3v) is 5.14. The number of carbonyl (C=O) groups excluding carboxylic acids is 3. The van der Waals surface area contributed by atoms with Crippen molar-refractivity contribution < 1.29 is 19.1 Å². The molecule has 0 bridgehead atoms. The van der Waals surface area contributed by atoms with Crippen LogP contribution >= 0.6 is 0 Å². The van der Waals surface area contributed by atoms with Crippen molar-refractivity contribution in [2.75, 3.05) is 25.5 Å². The van der Waals surface area contributed by atoms with Crippen LogP contribution < -0.4 is 15.4 Å². The monoisotopic (exact) mass is 409 g/mol. The first-order chi connectivity index (χ1) is 14.5. The molecule has 0 saturated heterocycles. The quantitative estimate of drug-likeness (QED) is 0.666. The second kappa shape index (κ2) is 10.4. The van der Waals surface area contributed by atoms with Crippen molar-refractivity contribution >= 4 is 23.4 Å². The number of anilines is 1. The Labute approximate surface area is 176 Å². The molecule has 158 valence electrons. The van der Waals surface area contributed by atoms with E-state index >= 15 is 0 Å². The average Bonchev–Trinajstić information content (AvgIpc) is 2.72. The predicted molar refractivity (Wildman–Crippen MR) is 114 cm³/mol. The molecule has 2 aromatic carbocycles. The third kappa shape index (κ3) is 6.07. The van der Waals surface area contributed by atoms with Crippen LogP contribution in [0.4, 0.5) is 5.69 Å². The average molecular weight is 409 g/mol. The normalized spacial score (nSPS) is 13.1. The van der Waals surface area contributed by atoms with Crippen LogP contribution in [-0.2, 0) is 20.9 Å². The molecule has 0 spiro atoms. The summed E-state index contributed by atoms with van der Waals surface area (Å²) < 4.78 is 5.08. The Bertz CT molecular complexity index is 864. The fourth-order valence-electron chi connectivity index (χ4n) is 3.22. The molecule has 3 rings (SSSR count). The fraction of sp³-hybridized carbons (Fsp3) is 0.348. The highest BCUT2D eigenvalue weighted by Gasteiger charge is 2.30. The van der Waals surface area contributed by atoms with Crippen LogP contribution in [0.2, 0.25) is 0 Å². The molecule has 7 nitrogen and oxygen atoms in total. The van der Waals surface area contributed by atoms with Gasteiger partial charge in [-0.15, -0.1) is 0 Å². The topological polar surface area (TPSA) is 87.7 Å². The molecule has 0 heterocycles. The Morgan fingerprint density at radius 3 is 2.30 bits per heavy atom. The van der Waals surface area contributed by atoms with Crippen molar-refractivity contribution in [2.24, 2.45) is 5.92 Å². The largest absolute Gasteiger partial charge is 0.497 e. The number of hydrogen-bond donors (Lipinski definition) is 2. The minimum Gasteiger partial charge on any atom is -0.497 e. The molecule has 1 saturated carbocycles. The molecule has 1 aliphatic carbocycles. The van der Waals surface area contributed by atoms with Gasteiger partial charge in [0.1, 0.15) is 5.75 Å². The number of methoxy groups -OCH3 is 1. The molecule has 0 aromatic heterocycles. The lowest BCUT2D eigenvalue weighted by Crippen LogP contribution is -2.45. The van der Waals surface area contributed by atoms with Gasteiger partial charge in [-0.3, -0.25) is 14.4 Å². The minimum absolute atomic E-state index is 0.000108. The molecular weight excluding hydrogens is 382 g/mol. The maximum Gasteiger partial charge on any atom is 0.243 e. The van der Waals surface area contributed by atoms with Crippen LogP contribution in [0.3, 0.4) is 0 Å². The van der Waals surface area contributed by atoms with Crippen LogP contribution in [0, 0.1) is 5.92 Å². The standard InChI is InChI=1S/C23H27N3O4/c1-30-20-12-10-19(11-13-20)25-21(27)14-24-22(28)16-26(23(29)18-8-5-9-18)15-17-6-3-2-4-7-17/h2-4,6-7,10-13,18H,5,8-9,14-16H2,1H3,(H,24,28)(H,25,27). The summed E-state index contributed by atoms with van der Waals surface area (Å²) in [6.45, 7) is 0.142. The van der Waals surface area contributed by atoms with Crippen molar-refractivity contribution in [3.05, 3.63) is 60.2 Å². The van der Waals surface area contributed by atoms with Gasteiger partial charge < -0.3 is 20.3 Å². The zero-order valence-electron chi connectivity index (χ0n) is 17.1. The SMILES string of the molecule is COc1ccc(NC(=O)CNC(=O)CN(Cc2ccccc2)C(=O)C2CCC2)cc1. The molecular formula is C23H27N3O4. The van der Waals surface area contributed by atoms with Crippen molar-refractivity contribution in [1.82, 2.24) is 10.2 Å². The Balaban J connectivity index is 1.51. The van der Waals surface area contributed by atoms with Gasteiger partial charge in [0.05, 0.1) is 20.2 Å². The smallest absolute Gasteiger partial charge is 0.243 e. The van der Waals surface area contributed by atoms with Gasteiger partial charge in [0.25, 0.3) is 0 Å². The number of nitrogens with zero attached hydrogens (tertiary/aromatic N) is 1. The molecule has 30 heavy (non-hydrogen) atoms. The van der Waals surface area contributed by atoms with E-state index in [0.29, 0.717) is 18.0 Å². The van der Waals surface area contributed by atoms with Crippen molar-refractivity contribution in [2.45, 2.75) is 25.8 Å². The van der Waals surface area contributed by atoms with Crippen LogP contribution in [-0.4, -0.2) is 42.8 Å². The van der Waals surface area contributed by atoms with Crippen LogP contribution in [0.15, 0.2) is 54.6 Å². The van der Waals surface area contributed by atoms with Crippen molar-refractivity contribution in [3.63, 3.8) is 0 Å². The first-order valence-corrected chi connectivity index (χ1v) is 10.1. The molecule has 2 N–H and O–H groups in total. The van der Waals surface area contributed by atoms with E-state index in [4.69, 9.17) is 4.74 Å². The lowest BCUT2D eigenvalue weighted by Gasteiger charge is -2.31. The number of nitrogens with one attached hydrogen (secondary N) is 2. The highest BCUT2D eigenvalue weighted by molar-refractivity contribution is 5.95. The lowest BCUT2D eigenvalue weighted by molar-refractivity contribution is -0.142. The number of amides is 3. The summed E-state index contributed by atoms with van der Waals surface area (Å²) >= 11 is 0. The molecule has 0 aliphatic heterocycles. The molecule has 1 fully saturated rings. The van der Waals surface area contributed by atoms with Crippen LogP contribution in [0.25, 0.3) is 0 Å². The summed E-state index contributed by atoms with van der Waals surface area (Å²) in [4.78, 5) is 38.9. The number of rotatable bonds is 9. The van der Waals surface area contributed by atoms with E-state index in [9.17, 15) is 14.4 Å². The van der Waals surface area contributed by atoms with E-state index in [0.717, 1.165) is 24.8 Å². The van der Waals surface area contributed by atoms with E-state index < -0.39 is 0 Å². The van der Waals surface area contributed by atoms with Gasteiger partial charge >= 0.3 is 0 Å². The number of carbonyl (C=O) groups is 3. The minimum atomic E-state index is -0.358. The molecule has 0 radical (unpaired) electrons. The van der Waals surface area contributed by atoms with Crippen LogP contribution in [0.1, 0.15) is 24.8 Å². The second-order valence-corrected chi connectivity index (χ2v) is 7.36. The highest BCUT2D eigenvalue weighted by Crippen LogP contribution is 2.28.